The zero-order valence-corrected chi connectivity index (χ0v) is 12.5. The summed E-state index contributed by atoms with van der Waals surface area (Å²) in [6.45, 7) is 3.66. The van der Waals surface area contributed by atoms with E-state index in [1.807, 2.05) is 6.26 Å². The minimum Gasteiger partial charge on any atom is -0.391 e. The van der Waals surface area contributed by atoms with Gasteiger partial charge >= 0.3 is 0 Å². The van der Waals surface area contributed by atoms with E-state index < -0.39 is 0 Å². The fraction of sp³-hybridized carbons (Fsp3) is 0.583. The van der Waals surface area contributed by atoms with Gasteiger partial charge in [0, 0.05) is 13.1 Å². The number of aliphatic hydroxyl groups is 1. The normalized spacial score (nSPS) is 24.1. The molecule has 0 amide bonds. The van der Waals surface area contributed by atoms with Gasteiger partial charge in [-0.2, -0.15) is 0 Å². The molecule has 1 aliphatic heterocycles. The maximum absolute atomic E-state index is 10.0. The Hall–Kier alpha value is -0.920. The molecular formula is C12H16N4OS2. The van der Waals surface area contributed by atoms with Crippen molar-refractivity contribution in [2.24, 2.45) is 5.92 Å². The van der Waals surface area contributed by atoms with Gasteiger partial charge in [0.1, 0.15) is 11.0 Å². The first-order chi connectivity index (χ1) is 9.19. The van der Waals surface area contributed by atoms with E-state index in [-0.39, 0.29) is 6.10 Å². The number of anilines is 1. The standard InChI is InChI=1S/C12H16N4OS2/c1-7-3-4-16(5-8(7)17)11-9-10(13-6-14-11)15-12(18-2)19-9/h6-8,17H,3-5H2,1-2H3. The largest absolute Gasteiger partial charge is 0.391 e. The summed E-state index contributed by atoms with van der Waals surface area (Å²) in [6, 6.07) is 0. The van der Waals surface area contributed by atoms with Gasteiger partial charge in [-0.3, -0.25) is 0 Å². The molecular weight excluding hydrogens is 280 g/mol. The van der Waals surface area contributed by atoms with Crippen LogP contribution in [-0.2, 0) is 0 Å². The summed E-state index contributed by atoms with van der Waals surface area (Å²) in [5.41, 5.74) is 0.757. The molecule has 7 heteroatoms. The van der Waals surface area contributed by atoms with Crippen molar-refractivity contribution < 1.29 is 5.11 Å². The highest BCUT2D eigenvalue weighted by Gasteiger charge is 2.26. The summed E-state index contributed by atoms with van der Waals surface area (Å²) in [5, 5.41) is 10.0. The molecule has 5 nitrogen and oxygen atoms in total. The molecule has 2 aromatic heterocycles. The molecule has 0 aromatic carbocycles. The van der Waals surface area contributed by atoms with Gasteiger partial charge in [-0.1, -0.05) is 18.7 Å². The Bertz CT molecular complexity index is 588. The number of β-amino-alcohol motifs (C(OH)–C–C–N with tert-alkyl or cyclic N) is 1. The molecule has 19 heavy (non-hydrogen) atoms. The van der Waals surface area contributed by atoms with Crippen LogP contribution >= 0.6 is 23.1 Å². The number of piperidine rings is 1. The lowest BCUT2D eigenvalue weighted by Gasteiger charge is -2.34. The van der Waals surface area contributed by atoms with E-state index in [9.17, 15) is 5.11 Å². The number of nitrogens with zero attached hydrogens (tertiary/aromatic N) is 4. The molecule has 102 valence electrons. The predicted molar refractivity (Wildman–Crippen MR) is 79.0 cm³/mol. The zero-order valence-electron chi connectivity index (χ0n) is 10.9. The number of hydrogen-bond donors (Lipinski definition) is 1. The van der Waals surface area contributed by atoms with Gasteiger partial charge in [0.05, 0.1) is 6.10 Å². The van der Waals surface area contributed by atoms with E-state index in [1.165, 1.54) is 0 Å². The lowest BCUT2D eigenvalue weighted by Crippen LogP contribution is -2.43. The molecule has 1 saturated heterocycles. The molecule has 0 bridgehead atoms. The number of aliphatic hydroxyl groups excluding tert-OH is 1. The molecule has 0 aliphatic carbocycles. The molecule has 2 unspecified atom stereocenters. The Morgan fingerprint density at radius 2 is 2.32 bits per heavy atom. The van der Waals surface area contributed by atoms with E-state index >= 15 is 0 Å². The van der Waals surface area contributed by atoms with Crippen molar-refractivity contribution in [1.29, 1.82) is 0 Å². The number of thiazole rings is 1. The first-order valence-electron chi connectivity index (χ1n) is 6.27. The third-order valence-corrected chi connectivity index (χ3v) is 5.57. The second-order valence-corrected chi connectivity index (χ2v) is 6.87. The summed E-state index contributed by atoms with van der Waals surface area (Å²) >= 11 is 3.25. The average molecular weight is 296 g/mol. The van der Waals surface area contributed by atoms with Crippen LogP contribution in [0.1, 0.15) is 13.3 Å². The number of hydrogen-bond acceptors (Lipinski definition) is 7. The minimum absolute atomic E-state index is 0.285. The lowest BCUT2D eigenvalue weighted by molar-refractivity contribution is 0.103. The van der Waals surface area contributed by atoms with E-state index in [0.29, 0.717) is 12.5 Å². The molecule has 3 heterocycles. The van der Waals surface area contributed by atoms with Gasteiger partial charge in [-0.25, -0.2) is 15.0 Å². The molecule has 3 rings (SSSR count). The van der Waals surface area contributed by atoms with Crippen LogP contribution in [0.5, 0.6) is 0 Å². The fourth-order valence-electron chi connectivity index (χ4n) is 2.28. The number of thioether (sulfide) groups is 1. The average Bonchev–Trinajstić information content (AvgIpc) is 2.85. The van der Waals surface area contributed by atoms with Crippen molar-refractivity contribution >= 4 is 39.3 Å². The van der Waals surface area contributed by atoms with Gasteiger partial charge in [0.25, 0.3) is 0 Å². The molecule has 1 N–H and O–H groups in total. The highest BCUT2D eigenvalue weighted by atomic mass is 32.2. The summed E-state index contributed by atoms with van der Waals surface area (Å²) in [5.74, 6) is 1.27. The second-order valence-electron chi connectivity index (χ2n) is 4.81. The summed E-state index contributed by atoms with van der Waals surface area (Å²) in [6.07, 6.45) is 4.27. The van der Waals surface area contributed by atoms with Crippen LogP contribution in [-0.4, -0.2) is 45.5 Å². The molecule has 1 aliphatic rings. The highest BCUT2D eigenvalue weighted by molar-refractivity contribution is 8.00. The van der Waals surface area contributed by atoms with Crippen molar-refractivity contribution in [3.05, 3.63) is 6.33 Å². The Labute approximate surface area is 120 Å². The fourth-order valence-corrected chi connectivity index (χ4v) is 3.81. The Morgan fingerprint density at radius 1 is 1.47 bits per heavy atom. The van der Waals surface area contributed by atoms with E-state index in [0.717, 1.165) is 33.5 Å². The molecule has 2 aromatic rings. The second kappa shape index (κ2) is 5.22. The van der Waals surface area contributed by atoms with Crippen molar-refractivity contribution in [3.63, 3.8) is 0 Å². The first kappa shape index (κ1) is 13.1. The molecule has 1 fully saturated rings. The molecule has 2 atom stereocenters. The van der Waals surface area contributed by atoms with Gasteiger partial charge < -0.3 is 10.0 Å². The quantitative estimate of drug-likeness (QED) is 0.856. The lowest BCUT2D eigenvalue weighted by atomic mass is 9.96. The number of fused-ring (bicyclic) bond motifs is 1. The number of rotatable bonds is 2. The Morgan fingerprint density at radius 3 is 3.05 bits per heavy atom. The van der Waals surface area contributed by atoms with Crippen LogP contribution < -0.4 is 4.90 Å². The van der Waals surface area contributed by atoms with Gasteiger partial charge in [-0.05, 0) is 18.6 Å². The predicted octanol–water partition coefficient (Wildman–Crippen LogP) is 2.02. The smallest absolute Gasteiger partial charge is 0.176 e. The third-order valence-electron chi connectivity index (χ3n) is 3.55. The van der Waals surface area contributed by atoms with E-state index in [2.05, 4.69) is 26.8 Å². The summed E-state index contributed by atoms with van der Waals surface area (Å²) in [4.78, 5) is 15.2. The molecule has 0 radical (unpaired) electrons. The minimum atomic E-state index is -0.285. The van der Waals surface area contributed by atoms with Crippen LogP contribution in [0, 0.1) is 5.92 Å². The highest BCUT2D eigenvalue weighted by Crippen LogP contribution is 2.34. The van der Waals surface area contributed by atoms with Gasteiger partial charge in [-0.15, -0.1) is 11.3 Å². The summed E-state index contributed by atoms with van der Waals surface area (Å²) in [7, 11) is 0. The number of aromatic nitrogens is 3. The van der Waals surface area contributed by atoms with Crippen LogP contribution in [0.15, 0.2) is 10.7 Å². The van der Waals surface area contributed by atoms with Gasteiger partial charge in [0.2, 0.25) is 0 Å². The zero-order chi connectivity index (χ0) is 13.4. The van der Waals surface area contributed by atoms with Crippen molar-refractivity contribution in [3.8, 4) is 0 Å². The van der Waals surface area contributed by atoms with Crippen LogP contribution in [0.25, 0.3) is 10.3 Å². The SMILES string of the molecule is CSc1nc2ncnc(N3CCC(C)C(O)C3)c2s1. The Balaban J connectivity index is 1.98. The Kier molecular flexibility index (Phi) is 3.60. The molecule has 0 saturated carbocycles. The van der Waals surface area contributed by atoms with Crippen molar-refractivity contribution in [2.45, 2.75) is 23.8 Å². The summed E-state index contributed by atoms with van der Waals surface area (Å²) < 4.78 is 2.02. The van der Waals surface area contributed by atoms with Crippen molar-refractivity contribution in [1.82, 2.24) is 15.0 Å². The monoisotopic (exact) mass is 296 g/mol. The first-order valence-corrected chi connectivity index (χ1v) is 8.31. The van der Waals surface area contributed by atoms with Crippen LogP contribution in [0.2, 0.25) is 0 Å². The maximum Gasteiger partial charge on any atom is 0.176 e. The van der Waals surface area contributed by atoms with Gasteiger partial charge in [0.15, 0.2) is 15.8 Å². The van der Waals surface area contributed by atoms with E-state index in [1.54, 1.807) is 29.4 Å². The third kappa shape index (κ3) is 2.42. The van der Waals surface area contributed by atoms with Crippen LogP contribution in [0.3, 0.4) is 0 Å². The van der Waals surface area contributed by atoms with Crippen molar-refractivity contribution in [2.75, 3.05) is 24.2 Å². The topological polar surface area (TPSA) is 62.1 Å². The molecule has 0 spiro atoms. The van der Waals surface area contributed by atoms with E-state index in [4.69, 9.17) is 0 Å². The maximum atomic E-state index is 10.0. The van der Waals surface area contributed by atoms with Crippen LogP contribution in [0.4, 0.5) is 5.82 Å².